The quantitative estimate of drug-likeness (QED) is 0.792. The molecular weight excluding hydrogens is 235 g/mol. The standard InChI is InChI=1S/C11H12Cl2O2/c1-2-8(14)5-6-15-9-3-4-10(12)11(13)7-9/h3-4,7H,2,5-6H2,1H3. The van der Waals surface area contributed by atoms with Gasteiger partial charge in [0.25, 0.3) is 0 Å². The van der Waals surface area contributed by atoms with Gasteiger partial charge in [-0.25, -0.2) is 0 Å². The van der Waals surface area contributed by atoms with Crippen LogP contribution >= 0.6 is 23.2 Å². The summed E-state index contributed by atoms with van der Waals surface area (Å²) in [7, 11) is 0. The molecule has 82 valence electrons. The zero-order valence-corrected chi connectivity index (χ0v) is 9.94. The Bertz CT molecular complexity index is 350. The minimum absolute atomic E-state index is 0.190. The maximum Gasteiger partial charge on any atom is 0.136 e. The number of carbonyl (C=O) groups excluding carboxylic acids is 1. The van der Waals surface area contributed by atoms with Crippen molar-refractivity contribution in [3.63, 3.8) is 0 Å². The first kappa shape index (κ1) is 12.3. The van der Waals surface area contributed by atoms with Gasteiger partial charge in [-0.05, 0) is 12.1 Å². The SMILES string of the molecule is CCC(=O)CCOc1ccc(Cl)c(Cl)c1. The lowest BCUT2D eigenvalue weighted by atomic mass is 10.2. The fourth-order valence-corrected chi connectivity index (χ4v) is 1.31. The summed E-state index contributed by atoms with van der Waals surface area (Å²) in [5.74, 6) is 0.823. The number of halogens is 2. The monoisotopic (exact) mass is 246 g/mol. The molecule has 0 aliphatic carbocycles. The van der Waals surface area contributed by atoms with Crippen LogP contribution in [0.3, 0.4) is 0 Å². The van der Waals surface area contributed by atoms with Crippen LogP contribution < -0.4 is 4.74 Å². The van der Waals surface area contributed by atoms with Crippen LogP contribution in [0.1, 0.15) is 19.8 Å². The third-order valence-electron chi connectivity index (χ3n) is 1.94. The van der Waals surface area contributed by atoms with Crippen molar-refractivity contribution >= 4 is 29.0 Å². The second-order valence-electron chi connectivity index (χ2n) is 3.07. The minimum atomic E-state index is 0.190. The minimum Gasteiger partial charge on any atom is -0.493 e. The van der Waals surface area contributed by atoms with Crippen molar-refractivity contribution in [2.45, 2.75) is 19.8 Å². The Morgan fingerprint density at radius 3 is 2.67 bits per heavy atom. The highest BCUT2D eigenvalue weighted by molar-refractivity contribution is 6.42. The van der Waals surface area contributed by atoms with Crippen LogP contribution in [0.4, 0.5) is 0 Å². The molecule has 0 unspecified atom stereocenters. The highest BCUT2D eigenvalue weighted by atomic mass is 35.5. The van der Waals surface area contributed by atoms with Gasteiger partial charge < -0.3 is 4.74 Å². The molecule has 0 atom stereocenters. The van der Waals surface area contributed by atoms with E-state index in [9.17, 15) is 4.79 Å². The Morgan fingerprint density at radius 2 is 2.07 bits per heavy atom. The van der Waals surface area contributed by atoms with Gasteiger partial charge in [-0.3, -0.25) is 4.79 Å². The zero-order valence-electron chi connectivity index (χ0n) is 8.43. The summed E-state index contributed by atoms with van der Waals surface area (Å²) in [6, 6.07) is 5.03. The highest BCUT2D eigenvalue weighted by Gasteiger charge is 2.02. The lowest BCUT2D eigenvalue weighted by Crippen LogP contribution is -2.04. The van der Waals surface area contributed by atoms with Gasteiger partial charge >= 0.3 is 0 Å². The molecule has 0 radical (unpaired) electrons. The second-order valence-corrected chi connectivity index (χ2v) is 3.88. The molecule has 1 rings (SSSR count). The van der Waals surface area contributed by atoms with Gasteiger partial charge in [-0.2, -0.15) is 0 Å². The van der Waals surface area contributed by atoms with Gasteiger partial charge in [0, 0.05) is 18.9 Å². The molecule has 0 saturated heterocycles. The van der Waals surface area contributed by atoms with E-state index in [-0.39, 0.29) is 5.78 Å². The molecule has 0 N–H and O–H groups in total. The molecule has 0 aliphatic rings. The average Bonchev–Trinajstić information content (AvgIpc) is 2.23. The van der Waals surface area contributed by atoms with Gasteiger partial charge in [0.2, 0.25) is 0 Å². The number of benzene rings is 1. The van der Waals surface area contributed by atoms with Crippen molar-refractivity contribution in [3.05, 3.63) is 28.2 Å². The third-order valence-corrected chi connectivity index (χ3v) is 2.67. The van der Waals surface area contributed by atoms with Gasteiger partial charge in [0.15, 0.2) is 0 Å². The van der Waals surface area contributed by atoms with Crippen LogP contribution in [0.5, 0.6) is 5.75 Å². The fraction of sp³-hybridized carbons (Fsp3) is 0.364. The van der Waals surface area contributed by atoms with Crippen molar-refractivity contribution in [1.82, 2.24) is 0 Å². The van der Waals surface area contributed by atoms with Crippen LogP contribution in [0.2, 0.25) is 10.0 Å². The van der Waals surface area contributed by atoms with E-state index in [1.807, 2.05) is 6.92 Å². The molecule has 0 aromatic heterocycles. The van der Waals surface area contributed by atoms with E-state index >= 15 is 0 Å². The fourth-order valence-electron chi connectivity index (χ4n) is 1.03. The van der Waals surface area contributed by atoms with Gasteiger partial charge in [-0.15, -0.1) is 0 Å². The Morgan fingerprint density at radius 1 is 1.33 bits per heavy atom. The molecule has 0 aliphatic heterocycles. The molecule has 0 heterocycles. The van der Waals surface area contributed by atoms with Crippen LogP contribution in [-0.4, -0.2) is 12.4 Å². The van der Waals surface area contributed by atoms with Crippen molar-refractivity contribution in [3.8, 4) is 5.75 Å². The molecule has 4 heteroatoms. The summed E-state index contributed by atoms with van der Waals surface area (Å²) < 4.78 is 5.35. The second kappa shape index (κ2) is 5.99. The molecule has 0 saturated carbocycles. The number of Topliss-reactive ketones (excluding diaryl/α,β-unsaturated/α-hetero) is 1. The van der Waals surface area contributed by atoms with Crippen LogP contribution in [-0.2, 0) is 4.79 Å². The van der Waals surface area contributed by atoms with Crippen molar-refractivity contribution in [2.24, 2.45) is 0 Å². The Hall–Kier alpha value is -0.730. The Labute approximate surface area is 99.1 Å². The molecule has 15 heavy (non-hydrogen) atoms. The summed E-state index contributed by atoms with van der Waals surface area (Å²) in [4.78, 5) is 11.0. The zero-order chi connectivity index (χ0) is 11.3. The predicted molar refractivity (Wildman–Crippen MR) is 61.9 cm³/mol. The number of hydrogen-bond donors (Lipinski definition) is 0. The summed E-state index contributed by atoms with van der Waals surface area (Å²) in [5.41, 5.74) is 0. The number of carbonyl (C=O) groups is 1. The van der Waals surface area contributed by atoms with E-state index in [1.54, 1.807) is 18.2 Å². The molecular formula is C11H12Cl2O2. The average molecular weight is 247 g/mol. The van der Waals surface area contributed by atoms with Gasteiger partial charge in [0.05, 0.1) is 16.7 Å². The van der Waals surface area contributed by atoms with E-state index in [0.717, 1.165) is 0 Å². The maximum atomic E-state index is 11.0. The topological polar surface area (TPSA) is 26.3 Å². The smallest absolute Gasteiger partial charge is 0.136 e. The predicted octanol–water partition coefficient (Wildman–Crippen LogP) is 3.74. The van der Waals surface area contributed by atoms with Gasteiger partial charge in [0.1, 0.15) is 11.5 Å². The van der Waals surface area contributed by atoms with E-state index < -0.39 is 0 Å². The molecule has 1 aromatic carbocycles. The molecule has 2 nitrogen and oxygen atoms in total. The van der Waals surface area contributed by atoms with Gasteiger partial charge in [-0.1, -0.05) is 30.1 Å². The maximum absolute atomic E-state index is 11.0. The van der Waals surface area contributed by atoms with Crippen LogP contribution in [0.15, 0.2) is 18.2 Å². The van der Waals surface area contributed by atoms with E-state index in [0.29, 0.717) is 35.2 Å². The first-order valence-electron chi connectivity index (χ1n) is 4.73. The normalized spacial score (nSPS) is 10.1. The Kier molecular flexibility index (Phi) is 4.92. The first-order chi connectivity index (χ1) is 7.13. The van der Waals surface area contributed by atoms with Crippen LogP contribution in [0, 0.1) is 0 Å². The molecule has 0 bridgehead atoms. The lowest BCUT2D eigenvalue weighted by molar-refractivity contribution is -0.119. The lowest BCUT2D eigenvalue weighted by Gasteiger charge is -2.05. The summed E-state index contributed by atoms with van der Waals surface area (Å²) in [6.07, 6.45) is 0.974. The molecule has 0 spiro atoms. The van der Waals surface area contributed by atoms with Crippen molar-refractivity contribution in [2.75, 3.05) is 6.61 Å². The Balaban J connectivity index is 2.44. The summed E-state index contributed by atoms with van der Waals surface area (Å²) in [5, 5.41) is 0.949. The van der Waals surface area contributed by atoms with E-state index in [4.69, 9.17) is 27.9 Å². The first-order valence-corrected chi connectivity index (χ1v) is 5.48. The molecule has 1 aromatic rings. The summed E-state index contributed by atoms with van der Waals surface area (Å²) in [6.45, 7) is 2.21. The largest absolute Gasteiger partial charge is 0.493 e. The van der Waals surface area contributed by atoms with Crippen molar-refractivity contribution < 1.29 is 9.53 Å². The van der Waals surface area contributed by atoms with E-state index in [1.165, 1.54) is 0 Å². The molecule has 0 amide bonds. The molecule has 0 fully saturated rings. The number of ether oxygens (including phenoxy) is 1. The van der Waals surface area contributed by atoms with E-state index in [2.05, 4.69) is 0 Å². The highest BCUT2D eigenvalue weighted by Crippen LogP contribution is 2.26. The number of rotatable bonds is 5. The third kappa shape index (κ3) is 4.10. The van der Waals surface area contributed by atoms with Crippen LogP contribution in [0.25, 0.3) is 0 Å². The summed E-state index contributed by atoms with van der Waals surface area (Å²) >= 11 is 11.5. The number of hydrogen-bond acceptors (Lipinski definition) is 2. The number of ketones is 1. The van der Waals surface area contributed by atoms with Crippen molar-refractivity contribution in [1.29, 1.82) is 0 Å².